The molecule has 0 radical (unpaired) electrons. The number of carboxylic acid groups (broad SMARTS) is 1. The normalized spacial score (nSPS) is 21.2. The minimum Gasteiger partial charge on any atom is -0.508 e. The van der Waals surface area contributed by atoms with E-state index in [1.54, 1.807) is 19.1 Å². The third-order valence-corrected chi connectivity index (χ3v) is 3.55. The molecule has 2 N–H and O–H groups in total. The number of aryl methyl sites for hydroxylation is 1. The van der Waals surface area contributed by atoms with Crippen LogP contribution >= 0.6 is 0 Å². The summed E-state index contributed by atoms with van der Waals surface area (Å²) in [5.74, 6) is -0.493. The highest BCUT2D eigenvalue weighted by atomic mass is 16.4. The van der Waals surface area contributed by atoms with Crippen molar-refractivity contribution < 1.29 is 15.0 Å². The fourth-order valence-electron chi connectivity index (χ4n) is 2.40. The van der Waals surface area contributed by atoms with Crippen LogP contribution < -0.4 is 0 Å². The van der Waals surface area contributed by atoms with Gasteiger partial charge in [-0.2, -0.15) is 0 Å². The number of aliphatic carboxylic acids is 1. The number of phenolic OH excluding ortho intramolecular Hbond substituents is 1. The third-order valence-electron chi connectivity index (χ3n) is 3.55. The van der Waals surface area contributed by atoms with Gasteiger partial charge in [0.1, 0.15) is 5.75 Å². The molecule has 3 heteroatoms. The van der Waals surface area contributed by atoms with E-state index in [2.05, 4.69) is 0 Å². The van der Waals surface area contributed by atoms with Crippen molar-refractivity contribution in [3.63, 3.8) is 0 Å². The second-order valence-corrected chi connectivity index (χ2v) is 4.58. The average molecular weight is 220 g/mol. The van der Waals surface area contributed by atoms with Gasteiger partial charge in [-0.25, -0.2) is 0 Å². The van der Waals surface area contributed by atoms with Crippen LogP contribution in [0.1, 0.15) is 24.5 Å². The topological polar surface area (TPSA) is 57.5 Å². The van der Waals surface area contributed by atoms with Crippen LogP contribution in [-0.4, -0.2) is 16.2 Å². The Hall–Kier alpha value is -1.51. The molecule has 0 saturated carbocycles. The van der Waals surface area contributed by atoms with Gasteiger partial charge in [0.15, 0.2) is 0 Å². The van der Waals surface area contributed by atoms with Gasteiger partial charge < -0.3 is 10.2 Å². The number of fused-ring (bicyclic) bond motifs is 1. The zero-order chi connectivity index (χ0) is 11.7. The number of carbonyl (C=O) groups is 1. The summed E-state index contributed by atoms with van der Waals surface area (Å²) in [6.07, 6.45) is 2.57. The molecular weight excluding hydrogens is 204 g/mol. The van der Waals surface area contributed by atoms with Crippen molar-refractivity contribution in [3.05, 3.63) is 29.3 Å². The van der Waals surface area contributed by atoms with Gasteiger partial charge in [-0.1, -0.05) is 13.0 Å². The Bertz CT molecular complexity index is 412. The first-order valence-electron chi connectivity index (χ1n) is 5.61. The summed E-state index contributed by atoms with van der Waals surface area (Å²) < 4.78 is 0. The number of hydrogen-bond acceptors (Lipinski definition) is 2. The molecular formula is C13H16O3. The number of carboxylic acids is 1. The lowest BCUT2D eigenvalue weighted by Crippen LogP contribution is -2.26. The monoisotopic (exact) mass is 220 g/mol. The maximum Gasteiger partial charge on any atom is 0.306 e. The van der Waals surface area contributed by atoms with E-state index in [-0.39, 0.29) is 11.8 Å². The molecule has 16 heavy (non-hydrogen) atoms. The lowest BCUT2D eigenvalue weighted by atomic mass is 9.77. The van der Waals surface area contributed by atoms with E-state index in [1.807, 2.05) is 6.07 Å². The Kier molecular flexibility index (Phi) is 2.86. The van der Waals surface area contributed by atoms with Crippen LogP contribution in [0.2, 0.25) is 0 Å². The highest BCUT2D eigenvalue weighted by Crippen LogP contribution is 2.32. The van der Waals surface area contributed by atoms with Crippen molar-refractivity contribution in [2.75, 3.05) is 0 Å². The zero-order valence-corrected chi connectivity index (χ0v) is 9.31. The maximum absolute atomic E-state index is 10.9. The predicted molar refractivity (Wildman–Crippen MR) is 60.4 cm³/mol. The van der Waals surface area contributed by atoms with Gasteiger partial charge in [0.2, 0.25) is 0 Å². The first-order chi connectivity index (χ1) is 7.58. The van der Waals surface area contributed by atoms with Crippen molar-refractivity contribution in [1.82, 2.24) is 0 Å². The van der Waals surface area contributed by atoms with Crippen LogP contribution in [0.15, 0.2) is 18.2 Å². The highest BCUT2D eigenvalue weighted by Gasteiger charge is 2.27. The van der Waals surface area contributed by atoms with Crippen LogP contribution in [0.3, 0.4) is 0 Å². The molecule has 86 valence electrons. The minimum atomic E-state index is -0.716. The molecule has 0 saturated heterocycles. The number of hydrogen-bond donors (Lipinski definition) is 2. The van der Waals surface area contributed by atoms with Crippen molar-refractivity contribution >= 4 is 5.97 Å². The van der Waals surface area contributed by atoms with E-state index >= 15 is 0 Å². The molecule has 3 nitrogen and oxygen atoms in total. The van der Waals surface area contributed by atoms with E-state index in [9.17, 15) is 9.90 Å². The summed E-state index contributed by atoms with van der Waals surface area (Å²) in [5.41, 5.74) is 2.34. The molecule has 1 aromatic rings. The molecule has 1 unspecified atom stereocenters. The Balaban J connectivity index is 2.18. The number of rotatable bonds is 2. The molecule has 0 heterocycles. The standard InChI is InChI=1S/C13H16O3/c1-8(13(15)16)9-2-3-11-7-12(14)5-4-10(11)6-9/h4-5,7-9,14H,2-3,6H2,1H3,(H,15,16)/t8-,9?/m0/s1. The van der Waals surface area contributed by atoms with Gasteiger partial charge in [0.25, 0.3) is 0 Å². The Morgan fingerprint density at radius 1 is 1.44 bits per heavy atom. The maximum atomic E-state index is 10.9. The Labute approximate surface area is 94.7 Å². The van der Waals surface area contributed by atoms with E-state index in [0.717, 1.165) is 24.8 Å². The Morgan fingerprint density at radius 3 is 2.88 bits per heavy atom. The van der Waals surface area contributed by atoms with E-state index < -0.39 is 5.97 Å². The zero-order valence-electron chi connectivity index (χ0n) is 9.31. The first-order valence-corrected chi connectivity index (χ1v) is 5.61. The number of phenols is 1. The molecule has 1 aliphatic carbocycles. The molecule has 0 amide bonds. The van der Waals surface area contributed by atoms with Crippen molar-refractivity contribution in [2.45, 2.75) is 26.2 Å². The van der Waals surface area contributed by atoms with Gasteiger partial charge in [0, 0.05) is 0 Å². The minimum absolute atomic E-state index is 0.217. The number of aromatic hydroxyl groups is 1. The van der Waals surface area contributed by atoms with Crippen molar-refractivity contribution in [2.24, 2.45) is 11.8 Å². The SMILES string of the molecule is C[C@H](C(=O)O)C1CCc2cc(O)ccc2C1. The van der Waals surface area contributed by atoms with E-state index in [1.165, 1.54) is 5.56 Å². The average Bonchev–Trinajstić information content (AvgIpc) is 2.27. The summed E-state index contributed by atoms with van der Waals surface area (Å²) in [6, 6.07) is 5.37. The van der Waals surface area contributed by atoms with Crippen LogP contribution in [0.5, 0.6) is 5.75 Å². The van der Waals surface area contributed by atoms with Gasteiger partial charge in [0.05, 0.1) is 5.92 Å². The molecule has 0 fully saturated rings. The summed E-state index contributed by atoms with van der Waals surface area (Å²) in [7, 11) is 0. The quantitative estimate of drug-likeness (QED) is 0.803. The molecule has 0 bridgehead atoms. The predicted octanol–water partition coefficient (Wildman–Crippen LogP) is 2.22. The molecule has 1 aromatic carbocycles. The van der Waals surface area contributed by atoms with Crippen molar-refractivity contribution in [3.8, 4) is 5.75 Å². The van der Waals surface area contributed by atoms with Crippen LogP contribution in [0, 0.1) is 11.8 Å². The summed E-state index contributed by atoms with van der Waals surface area (Å²) in [6.45, 7) is 1.78. The van der Waals surface area contributed by atoms with Crippen molar-refractivity contribution in [1.29, 1.82) is 0 Å². The van der Waals surface area contributed by atoms with Gasteiger partial charge >= 0.3 is 5.97 Å². The molecule has 2 rings (SSSR count). The van der Waals surface area contributed by atoms with Gasteiger partial charge in [-0.15, -0.1) is 0 Å². The first kappa shape index (κ1) is 11.0. The highest BCUT2D eigenvalue weighted by molar-refractivity contribution is 5.70. The second-order valence-electron chi connectivity index (χ2n) is 4.58. The molecule has 0 aliphatic heterocycles. The Morgan fingerprint density at radius 2 is 2.19 bits per heavy atom. The lowest BCUT2D eigenvalue weighted by molar-refractivity contribution is -0.143. The summed E-state index contributed by atoms with van der Waals surface area (Å²) >= 11 is 0. The second kappa shape index (κ2) is 4.16. The van der Waals surface area contributed by atoms with Gasteiger partial charge in [-0.05, 0) is 48.4 Å². The molecule has 1 aliphatic rings. The molecule has 0 spiro atoms. The largest absolute Gasteiger partial charge is 0.508 e. The van der Waals surface area contributed by atoms with Crippen LogP contribution in [0.4, 0.5) is 0 Å². The van der Waals surface area contributed by atoms with Gasteiger partial charge in [-0.3, -0.25) is 4.79 Å². The van der Waals surface area contributed by atoms with Crippen LogP contribution in [0.25, 0.3) is 0 Å². The fraction of sp³-hybridized carbons (Fsp3) is 0.462. The summed E-state index contributed by atoms with van der Waals surface area (Å²) in [5, 5.41) is 18.3. The molecule has 2 atom stereocenters. The summed E-state index contributed by atoms with van der Waals surface area (Å²) in [4.78, 5) is 10.9. The van der Waals surface area contributed by atoms with E-state index in [4.69, 9.17) is 5.11 Å². The third kappa shape index (κ3) is 2.03. The van der Waals surface area contributed by atoms with Crippen LogP contribution in [-0.2, 0) is 17.6 Å². The molecule has 0 aromatic heterocycles. The number of benzene rings is 1. The lowest BCUT2D eigenvalue weighted by Gasteiger charge is -2.27. The van der Waals surface area contributed by atoms with E-state index in [0.29, 0.717) is 5.75 Å². The fourth-order valence-corrected chi connectivity index (χ4v) is 2.40. The smallest absolute Gasteiger partial charge is 0.306 e.